The molecule has 5 nitrogen and oxygen atoms in total. The van der Waals surface area contributed by atoms with Crippen molar-refractivity contribution in [2.45, 2.75) is 24.3 Å². The number of imide groups is 1. The third-order valence-electron chi connectivity index (χ3n) is 3.22. The lowest BCUT2D eigenvalue weighted by Gasteiger charge is -2.15. The molecule has 0 unspecified atom stereocenters. The van der Waals surface area contributed by atoms with E-state index in [4.69, 9.17) is 9.47 Å². The normalized spacial score (nSPS) is 15.7. The molecule has 1 aliphatic heterocycles. The van der Waals surface area contributed by atoms with Gasteiger partial charge in [0, 0.05) is 17.4 Å². The Balaban J connectivity index is 1.77. The van der Waals surface area contributed by atoms with Crippen LogP contribution in [-0.2, 0) is 15.3 Å². The number of rotatable bonds is 6. The van der Waals surface area contributed by atoms with Crippen LogP contribution in [0.5, 0.6) is 5.75 Å². The summed E-state index contributed by atoms with van der Waals surface area (Å²) in [5.41, 5.74) is 1.18. The van der Waals surface area contributed by atoms with Gasteiger partial charge in [-0.1, -0.05) is 19.1 Å². The molecule has 21 heavy (non-hydrogen) atoms. The second-order valence-electron chi connectivity index (χ2n) is 4.83. The molecule has 0 bridgehead atoms. The highest BCUT2D eigenvalue weighted by Gasteiger charge is 2.28. The minimum absolute atomic E-state index is 0.146. The fraction of sp³-hybridized carbons (Fsp3) is 0.467. The Kier molecular flexibility index (Phi) is 5.50. The van der Waals surface area contributed by atoms with Crippen molar-refractivity contribution in [1.29, 1.82) is 0 Å². The van der Waals surface area contributed by atoms with E-state index < -0.39 is 6.09 Å². The summed E-state index contributed by atoms with van der Waals surface area (Å²) in [6.45, 7) is 2.67. The molecule has 1 aromatic carbocycles. The number of hydrogen-bond donors (Lipinski definition) is 0. The van der Waals surface area contributed by atoms with Crippen LogP contribution >= 0.6 is 11.8 Å². The van der Waals surface area contributed by atoms with Gasteiger partial charge in [-0.15, -0.1) is 0 Å². The van der Waals surface area contributed by atoms with Gasteiger partial charge < -0.3 is 9.47 Å². The zero-order valence-electron chi connectivity index (χ0n) is 12.2. The molecule has 0 aromatic heterocycles. The lowest BCUT2D eigenvalue weighted by molar-refractivity contribution is -0.127. The van der Waals surface area contributed by atoms with Crippen LogP contribution in [0, 0.1) is 0 Å². The summed E-state index contributed by atoms with van der Waals surface area (Å²) in [5, 5.41) is 0.146. The Labute approximate surface area is 128 Å². The first kappa shape index (κ1) is 15.7. The molecule has 1 aromatic rings. The lowest BCUT2D eigenvalue weighted by atomic mass is 10.2. The van der Waals surface area contributed by atoms with Crippen molar-refractivity contribution in [3.63, 3.8) is 0 Å². The largest absolute Gasteiger partial charge is 0.497 e. The molecule has 1 saturated heterocycles. The van der Waals surface area contributed by atoms with E-state index in [0.29, 0.717) is 19.6 Å². The van der Waals surface area contributed by atoms with Crippen molar-refractivity contribution in [2.75, 3.05) is 20.3 Å². The van der Waals surface area contributed by atoms with Gasteiger partial charge in [0.2, 0.25) is 5.91 Å². The average molecular weight is 309 g/mol. The number of hydrogen-bond acceptors (Lipinski definition) is 5. The van der Waals surface area contributed by atoms with E-state index in [1.54, 1.807) is 18.9 Å². The summed E-state index contributed by atoms with van der Waals surface area (Å²) in [5.74, 6) is 1.50. The molecule has 2 rings (SSSR count). The molecular weight excluding hydrogens is 290 g/mol. The van der Waals surface area contributed by atoms with Gasteiger partial charge in [-0.25, -0.2) is 9.69 Å². The second-order valence-corrected chi connectivity index (χ2v) is 6.26. The monoisotopic (exact) mass is 309 g/mol. The van der Waals surface area contributed by atoms with Crippen LogP contribution in [-0.4, -0.2) is 42.4 Å². The van der Waals surface area contributed by atoms with E-state index in [-0.39, 0.29) is 11.2 Å². The van der Waals surface area contributed by atoms with E-state index in [0.717, 1.165) is 11.5 Å². The third kappa shape index (κ3) is 4.39. The quantitative estimate of drug-likeness (QED) is 0.808. The Bertz CT molecular complexity index is 503. The van der Waals surface area contributed by atoms with Crippen LogP contribution < -0.4 is 4.74 Å². The fourth-order valence-corrected chi connectivity index (χ4v) is 2.93. The molecule has 1 aliphatic rings. The predicted octanol–water partition coefficient (Wildman–Crippen LogP) is 2.69. The maximum absolute atomic E-state index is 12.0. The molecule has 1 atom stereocenters. The minimum Gasteiger partial charge on any atom is -0.497 e. The van der Waals surface area contributed by atoms with Crippen molar-refractivity contribution >= 4 is 23.8 Å². The molecule has 6 heteroatoms. The Morgan fingerprint density at radius 1 is 1.43 bits per heavy atom. The number of benzene rings is 1. The standard InChI is InChI=1S/C15H19NO4S/c1-11(9-14(17)16-7-8-20-15(16)18)21-10-12-3-5-13(19-2)6-4-12/h3-6,11H,7-10H2,1-2H3/t11-/m0/s1. The molecule has 0 aliphatic carbocycles. The van der Waals surface area contributed by atoms with Gasteiger partial charge in [0.1, 0.15) is 12.4 Å². The molecule has 0 spiro atoms. The number of carbonyl (C=O) groups excluding carboxylic acids is 2. The summed E-state index contributed by atoms with van der Waals surface area (Å²) in [4.78, 5) is 24.4. The first-order valence-electron chi connectivity index (χ1n) is 6.82. The van der Waals surface area contributed by atoms with E-state index >= 15 is 0 Å². The van der Waals surface area contributed by atoms with Gasteiger partial charge in [0.25, 0.3) is 0 Å². The second kappa shape index (κ2) is 7.36. The summed E-state index contributed by atoms with van der Waals surface area (Å²) >= 11 is 1.69. The smallest absolute Gasteiger partial charge is 0.416 e. The highest BCUT2D eigenvalue weighted by Crippen LogP contribution is 2.22. The summed E-state index contributed by atoms with van der Waals surface area (Å²) in [6, 6.07) is 7.87. The number of cyclic esters (lactones) is 1. The zero-order chi connectivity index (χ0) is 15.2. The minimum atomic E-state index is -0.521. The predicted molar refractivity (Wildman–Crippen MR) is 81.4 cm³/mol. The molecule has 0 radical (unpaired) electrons. The van der Waals surface area contributed by atoms with Crippen molar-refractivity contribution < 1.29 is 19.1 Å². The molecule has 114 valence electrons. The maximum Gasteiger partial charge on any atom is 0.416 e. The number of methoxy groups -OCH3 is 1. The van der Waals surface area contributed by atoms with Crippen LogP contribution in [0.3, 0.4) is 0 Å². The number of carbonyl (C=O) groups is 2. The number of amides is 2. The Hall–Kier alpha value is -1.69. The van der Waals surface area contributed by atoms with E-state index in [9.17, 15) is 9.59 Å². The first-order chi connectivity index (χ1) is 10.1. The van der Waals surface area contributed by atoms with Gasteiger partial charge in [-0.3, -0.25) is 4.79 Å². The Morgan fingerprint density at radius 2 is 2.14 bits per heavy atom. The average Bonchev–Trinajstić information content (AvgIpc) is 2.92. The summed E-state index contributed by atoms with van der Waals surface area (Å²) in [6.07, 6.45) is -0.178. The molecular formula is C15H19NO4S. The summed E-state index contributed by atoms with van der Waals surface area (Å²) in [7, 11) is 1.64. The fourth-order valence-electron chi connectivity index (χ4n) is 2.00. The Morgan fingerprint density at radius 3 is 2.71 bits per heavy atom. The van der Waals surface area contributed by atoms with Crippen LogP contribution in [0.2, 0.25) is 0 Å². The molecule has 0 saturated carbocycles. The first-order valence-corrected chi connectivity index (χ1v) is 7.86. The number of ether oxygens (including phenoxy) is 2. The van der Waals surface area contributed by atoms with Gasteiger partial charge in [0.05, 0.1) is 13.7 Å². The van der Waals surface area contributed by atoms with Crippen molar-refractivity contribution in [3.8, 4) is 5.75 Å². The van der Waals surface area contributed by atoms with Crippen LogP contribution in [0.15, 0.2) is 24.3 Å². The van der Waals surface area contributed by atoms with Gasteiger partial charge in [0.15, 0.2) is 0 Å². The van der Waals surface area contributed by atoms with E-state index in [1.807, 2.05) is 31.2 Å². The third-order valence-corrected chi connectivity index (χ3v) is 4.45. The van der Waals surface area contributed by atoms with Crippen molar-refractivity contribution in [1.82, 2.24) is 4.90 Å². The number of nitrogens with zero attached hydrogens (tertiary/aromatic N) is 1. The van der Waals surface area contributed by atoms with E-state index in [2.05, 4.69) is 0 Å². The SMILES string of the molecule is COc1ccc(CS[C@@H](C)CC(=O)N2CCOC2=O)cc1. The molecule has 0 N–H and O–H groups in total. The lowest BCUT2D eigenvalue weighted by Crippen LogP contribution is -2.33. The highest BCUT2D eigenvalue weighted by molar-refractivity contribution is 7.99. The van der Waals surface area contributed by atoms with Crippen molar-refractivity contribution in [2.24, 2.45) is 0 Å². The van der Waals surface area contributed by atoms with E-state index in [1.165, 1.54) is 10.5 Å². The number of thioether (sulfide) groups is 1. The van der Waals surface area contributed by atoms with Gasteiger partial charge in [-0.2, -0.15) is 11.8 Å². The van der Waals surface area contributed by atoms with Crippen LogP contribution in [0.4, 0.5) is 4.79 Å². The van der Waals surface area contributed by atoms with Crippen LogP contribution in [0.1, 0.15) is 18.9 Å². The van der Waals surface area contributed by atoms with Gasteiger partial charge >= 0.3 is 6.09 Å². The van der Waals surface area contributed by atoms with Crippen LogP contribution in [0.25, 0.3) is 0 Å². The zero-order valence-corrected chi connectivity index (χ0v) is 13.0. The maximum atomic E-state index is 12.0. The topological polar surface area (TPSA) is 55.8 Å². The summed E-state index contributed by atoms with van der Waals surface area (Å²) < 4.78 is 9.88. The molecule has 2 amide bonds. The van der Waals surface area contributed by atoms with Crippen molar-refractivity contribution in [3.05, 3.63) is 29.8 Å². The highest BCUT2D eigenvalue weighted by atomic mass is 32.2. The molecule has 1 heterocycles. The van der Waals surface area contributed by atoms with Gasteiger partial charge in [-0.05, 0) is 17.7 Å². The molecule has 1 fully saturated rings.